The molecular weight excluding hydrogens is 384 g/mol. The zero-order chi connectivity index (χ0) is 21.7. The predicted octanol–water partition coefficient (Wildman–Crippen LogP) is 1.06. The molecule has 3 rings (SSSR count). The molecule has 2 aliphatic heterocycles. The second-order valence-corrected chi connectivity index (χ2v) is 7.74. The van der Waals surface area contributed by atoms with Gasteiger partial charge in [0.15, 0.2) is 0 Å². The zero-order valence-electron chi connectivity index (χ0n) is 18.2. The van der Waals surface area contributed by atoms with Crippen LogP contribution in [0.3, 0.4) is 0 Å². The Morgan fingerprint density at radius 2 is 1.77 bits per heavy atom. The lowest BCUT2D eigenvalue weighted by Crippen LogP contribution is -2.52. The maximum atomic E-state index is 13.0. The van der Waals surface area contributed by atoms with E-state index >= 15 is 0 Å². The van der Waals surface area contributed by atoms with E-state index in [0.717, 1.165) is 0 Å². The van der Waals surface area contributed by atoms with Crippen LogP contribution < -0.4 is 9.64 Å². The van der Waals surface area contributed by atoms with E-state index in [9.17, 15) is 14.4 Å². The monoisotopic (exact) mass is 416 g/mol. The number of piperazine rings is 1. The summed E-state index contributed by atoms with van der Waals surface area (Å²) in [6.45, 7) is 8.69. The minimum absolute atomic E-state index is 0.0236. The molecule has 0 bridgehead atoms. The number of carbonyl (C=O) groups excluding carboxylic acids is 3. The lowest BCUT2D eigenvalue weighted by molar-refractivity contribution is -0.138. The number of nitrogens with zero attached hydrogens (tertiary/aromatic N) is 4. The molecule has 164 valence electrons. The molecule has 0 radical (unpaired) electrons. The summed E-state index contributed by atoms with van der Waals surface area (Å²) in [5.74, 6) is 0.391. The Bertz CT molecular complexity index is 772. The first-order chi connectivity index (χ1) is 14.5. The molecule has 1 atom stereocenters. The van der Waals surface area contributed by atoms with Crippen LogP contribution in [0.25, 0.3) is 0 Å². The molecule has 2 saturated heterocycles. The minimum atomic E-state index is -0.341. The maximum absolute atomic E-state index is 13.0. The molecule has 0 aliphatic carbocycles. The summed E-state index contributed by atoms with van der Waals surface area (Å²) >= 11 is 0. The van der Waals surface area contributed by atoms with Crippen LogP contribution in [0, 0.1) is 5.92 Å². The summed E-state index contributed by atoms with van der Waals surface area (Å²) in [6, 6.07) is 7.38. The zero-order valence-corrected chi connectivity index (χ0v) is 18.2. The molecule has 1 unspecified atom stereocenters. The number of rotatable bonds is 7. The molecular formula is C22H32N4O4. The van der Waals surface area contributed by atoms with E-state index in [2.05, 4.69) is 4.90 Å². The predicted molar refractivity (Wildman–Crippen MR) is 114 cm³/mol. The number of para-hydroxylation sites is 2. The molecule has 0 spiro atoms. The summed E-state index contributed by atoms with van der Waals surface area (Å²) < 4.78 is 5.37. The second-order valence-electron chi connectivity index (χ2n) is 7.74. The Morgan fingerprint density at radius 1 is 1.10 bits per heavy atom. The normalized spacial score (nSPS) is 19.8. The molecule has 0 saturated carbocycles. The van der Waals surface area contributed by atoms with Crippen molar-refractivity contribution in [3.05, 3.63) is 24.3 Å². The van der Waals surface area contributed by atoms with Crippen molar-refractivity contribution in [2.45, 2.75) is 20.3 Å². The first-order valence-corrected chi connectivity index (χ1v) is 10.7. The quantitative estimate of drug-likeness (QED) is 0.665. The molecule has 0 aromatic heterocycles. The van der Waals surface area contributed by atoms with Crippen LogP contribution in [-0.2, 0) is 14.4 Å². The molecule has 8 heteroatoms. The third kappa shape index (κ3) is 4.75. The van der Waals surface area contributed by atoms with E-state index in [1.165, 1.54) is 0 Å². The van der Waals surface area contributed by atoms with Gasteiger partial charge in [0, 0.05) is 52.2 Å². The van der Waals surface area contributed by atoms with Crippen molar-refractivity contribution in [1.82, 2.24) is 14.7 Å². The van der Waals surface area contributed by atoms with Crippen LogP contribution in [0.1, 0.15) is 20.3 Å². The van der Waals surface area contributed by atoms with Crippen molar-refractivity contribution in [2.75, 3.05) is 64.4 Å². The summed E-state index contributed by atoms with van der Waals surface area (Å²) in [4.78, 5) is 45.3. The highest BCUT2D eigenvalue weighted by Gasteiger charge is 2.38. The van der Waals surface area contributed by atoms with Gasteiger partial charge in [-0.2, -0.15) is 0 Å². The molecule has 3 amide bonds. The smallest absolute Gasteiger partial charge is 0.236 e. The highest BCUT2D eigenvalue weighted by Crippen LogP contribution is 2.33. The summed E-state index contributed by atoms with van der Waals surface area (Å²) in [6.07, 6.45) is 0.220. The number of carbonyl (C=O) groups is 3. The highest BCUT2D eigenvalue weighted by molar-refractivity contribution is 6.01. The average molecular weight is 417 g/mol. The number of anilines is 1. The third-order valence-corrected chi connectivity index (χ3v) is 6.01. The van der Waals surface area contributed by atoms with Crippen LogP contribution in [0.5, 0.6) is 5.75 Å². The van der Waals surface area contributed by atoms with Gasteiger partial charge in [-0.3, -0.25) is 19.3 Å². The van der Waals surface area contributed by atoms with Crippen LogP contribution in [0.4, 0.5) is 5.69 Å². The van der Waals surface area contributed by atoms with E-state index in [0.29, 0.717) is 63.8 Å². The molecule has 30 heavy (non-hydrogen) atoms. The standard InChI is InChI=1S/C22H32N4O4/c1-4-24(5-2)21(28)16-23-10-12-25(13-11-23)22(29)17-14-20(27)26(15-17)18-8-6-7-9-19(18)30-3/h6-9,17H,4-5,10-16H2,1-3H3. The lowest BCUT2D eigenvalue weighted by Gasteiger charge is -2.36. The van der Waals surface area contributed by atoms with Crippen molar-refractivity contribution in [1.29, 1.82) is 0 Å². The number of ether oxygens (including phenoxy) is 1. The number of hydrogen-bond donors (Lipinski definition) is 0. The number of likely N-dealkylation sites (N-methyl/N-ethyl adjacent to an activating group) is 1. The largest absolute Gasteiger partial charge is 0.495 e. The molecule has 1 aromatic carbocycles. The summed E-state index contributed by atoms with van der Waals surface area (Å²) in [7, 11) is 1.58. The Kier molecular flexibility index (Phi) is 7.31. The van der Waals surface area contributed by atoms with E-state index in [1.807, 2.05) is 47.9 Å². The van der Waals surface area contributed by atoms with Gasteiger partial charge in [-0.05, 0) is 26.0 Å². The topological polar surface area (TPSA) is 73.4 Å². The van der Waals surface area contributed by atoms with Gasteiger partial charge in [0.25, 0.3) is 0 Å². The fourth-order valence-electron chi connectivity index (χ4n) is 4.21. The van der Waals surface area contributed by atoms with E-state index < -0.39 is 0 Å². The van der Waals surface area contributed by atoms with Gasteiger partial charge >= 0.3 is 0 Å². The molecule has 1 aromatic rings. The van der Waals surface area contributed by atoms with Gasteiger partial charge in [-0.15, -0.1) is 0 Å². The Hall–Kier alpha value is -2.61. The molecule has 0 N–H and O–H groups in total. The van der Waals surface area contributed by atoms with Crippen LogP contribution in [0.2, 0.25) is 0 Å². The van der Waals surface area contributed by atoms with Crippen LogP contribution >= 0.6 is 0 Å². The Balaban J connectivity index is 1.54. The number of amides is 3. The number of benzene rings is 1. The first-order valence-electron chi connectivity index (χ1n) is 10.7. The van der Waals surface area contributed by atoms with Gasteiger partial charge < -0.3 is 19.4 Å². The van der Waals surface area contributed by atoms with Gasteiger partial charge in [-0.1, -0.05) is 12.1 Å². The fraction of sp³-hybridized carbons (Fsp3) is 0.591. The molecule has 2 fully saturated rings. The highest BCUT2D eigenvalue weighted by atomic mass is 16.5. The average Bonchev–Trinajstić information content (AvgIpc) is 3.16. The van der Waals surface area contributed by atoms with Crippen LogP contribution in [0.15, 0.2) is 24.3 Å². The second kappa shape index (κ2) is 9.93. The van der Waals surface area contributed by atoms with Gasteiger partial charge in [0.1, 0.15) is 5.75 Å². The molecule has 2 aliphatic rings. The molecule has 2 heterocycles. The van der Waals surface area contributed by atoms with Gasteiger partial charge in [0.05, 0.1) is 25.3 Å². The summed E-state index contributed by atoms with van der Waals surface area (Å²) in [5, 5.41) is 0. The van der Waals surface area contributed by atoms with Crippen molar-refractivity contribution in [3.63, 3.8) is 0 Å². The van der Waals surface area contributed by atoms with Crippen molar-refractivity contribution in [2.24, 2.45) is 5.92 Å². The fourth-order valence-corrected chi connectivity index (χ4v) is 4.21. The van der Waals surface area contributed by atoms with Gasteiger partial charge in [-0.25, -0.2) is 0 Å². The van der Waals surface area contributed by atoms with E-state index in [1.54, 1.807) is 12.0 Å². The van der Waals surface area contributed by atoms with E-state index in [4.69, 9.17) is 4.74 Å². The van der Waals surface area contributed by atoms with Crippen molar-refractivity contribution < 1.29 is 19.1 Å². The molecule has 8 nitrogen and oxygen atoms in total. The van der Waals surface area contributed by atoms with Crippen molar-refractivity contribution >= 4 is 23.4 Å². The van der Waals surface area contributed by atoms with Crippen molar-refractivity contribution in [3.8, 4) is 5.75 Å². The lowest BCUT2D eigenvalue weighted by atomic mass is 10.1. The maximum Gasteiger partial charge on any atom is 0.236 e. The Labute approximate surface area is 178 Å². The summed E-state index contributed by atoms with van der Waals surface area (Å²) in [5.41, 5.74) is 0.708. The van der Waals surface area contributed by atoms with Crippen LogP contribution in [-0.4, -0.2) is 91.9 Å². The SMILES string of the molecule is CCN(CC)C(=O)CN1CCN(C(=O)C2CC(=O)N(c3ccccc3OC)C2)CC1. The Morgan fingerprint density at radius 3 is 2.40 bits per heavy atom. The van der Waals surface area contributed by atoms with E-state index in [-0.39, 0.29) is 30.1 Å². The van der Waals surface area contributed by atoms with Gasteiger partial charge in [0.2, 0.25) is 17.7 Å². The first kappa shape index (κ1) is 22.1. The number of methoxy groups -OCH3 is 1. The number of hydrogen-bond acceptors (Lipinski definition) is 5. The minimum Gasteiger partial charge on any atom is -0.495 e. The third-order valence-electron chi connectivity index (χ3n) is 6.01.